The molecule has 3 nitrogen and oxygen atoms in total. The first-order valence-corrected chi connectivity index (χ1v) is 7.08. The number of pyridine rings is 1. The zero-order chi connectivity index (χ0) is 13.1. The second-order valence-electron chi connectivity index (χ2n) is 4.11. The molecule has 2 aromatic rings. The molecule has 0 saturated carbocycles. The molecule has 0 atom stereocenters. The van der Waals surface area contributed by atoms with E-state index in [0.29, 0.717) is 10.3 Å². The largest absolute Gasteiger partial charge is 0.296 e. The van der Waals surface area contributed by atoms with Gasteiger partial charge in [-0.15, -0.1) is 11.3 Å². The maximum absolute atomic E-state index is 6.04. The first-order chi connectivity index (χ1) is 8.54. The van der Waals surface area contributed by atoms with Crippen molar-refractivity contribution in [1.82, 2.24) is 14.9 Å². The summed E-state index contributed by atoms with van der Waals surface area (Å²) < 4.78 is 0. The summed E-state index contributed by atoms with van der Waals surface area (Å²) in [6, 6.07) is 3.66. The highest BCUT2D eigenvalue weighted by atomic mass is 35.5. The fourth-order valence-electron chi connectivity index (χ4n) is 1.66. The third kappa shape index (κ3) is 3.65. The van der Waals surface area contributed by atoms with Gasteiger partial charge in [0, 0.05) is 24.0 Å². The van der Waals surface area contributed by atoms with Crippen LogP contribution in [0.2, 0.25) is 10.3 Å². The summed E-state index contributed by atoms with van der Waals surface area (Å²) in [5, 5.41) is 4.04. The Morgan fingerprint density at radius 1 is 1.22 bits per heavy atom. The van der Waals surface area contributed by atoms with E-state index in [2.05, 4.69) is 20.2 Å². The minimum Gasteiger partial charge on any atom is -0.296 e. The lowest BCUT2D eigenvalue weighted by atomic mass is 10.2. The van der Waals surface area contributed by atoms with Crippen LogP contribution in [-0.2, 0) is 13.1 Å². The van der Waals surface area contributed by atoms with Crippen LogP contribution in [0.15, 0.2) is 17.5 Å². The first-order valence-electron chi connectivity index (χ1n) is 5.45. The van der Waals surface area contributed by atoms with Crippen molar-refractivity contribution in [3.63, 3.8) is 0 Å². The average Bonchev–Trinajstić information content (AvgIpc) is 2.68. The first kappa shape index (κ1) is 13.7. The number of hydrogen-bond acceptors (Lipinski definition) is 4. The van der Waals surface area contributed by atoms with E-state index in [-0.39, 0.29) is 0 Å². The van der Waals surface area contributed by atoms with Gasteiger partial charge in [-0.3, -0.25) is 4.90 Å². The number of halogens is 2. The van der Waals surface area contributed by atoms with Gasteiger partial charge in [0.05, 0.1) is 10.7 Å². The van der Waals surface area contributed by atoms with Crippen molar-refractivity contribution < 1.29 is 0 Å². The van der Waals surface area contributed by atoms with Crippen LogP contribution in [0.3, 0.4) is 0 Å². The van der Waals surface area contributed by atoms with E-state index in [1.165, 1.54) is 0 Å². The Hall–Kier alpha value is -0.680. The van der Waals surface area contributed by atoms with Gasteiger partial charge in [-0.05, 0) is 20.0 Å². The Bertz CT molecular complexity index is 542. The van der Waals surface area contributed by atoms with Gasteiger partial charge in [0.2, 0.25) is 0 Å². The average molecular weight is 302 g/mol. The quantitative estimate of drug-likeness (QED) is 0.805. The molecule has 0 spiro atoms. The second kappa shape index (κ2) is 5.97. The van der Waals surface area contributed by atoms with Crippen LogP contribution in [0.5, 0.6) is 0 Å². The number of thiazole rings is 1. The molecule has 0 amide bonds. The summed E-state index contributed by atoms with van der Waals surface area (Å²) in [6.45, 7) is 3.52. The van der Waals surface area contributed by atoms with Crippen LogP contribution in [0, 0.1) is 6.92 Å². The smallest absolute Gasteiger partial charge is 0.135 e. The van der Waals surface area contributed by atoms with Crippen molar-refractivity contribution in [2.75, 3.05) is 7.05 Å². The van der Waals surface area contributed by atoms with E-state index >= 15 is 0 Å². The molecule has 6 heteroatoms. The molecule has 0 aliphatic heterocycles. The van der Waals surface area contributed by atoms with Crippen LogP contribution in [-0.4, -0.2) is 21.9 Å². The zero-order valence-electron chi connectivity index (χ0n) is 10.2. The number of rotatable bonds is 4. The highest BCUT2D eigenvalue weighted by Crippen LogP contribution is 2.19. The summed E-state index contributed by atoms with van der Waals surface area (Å²) in [4.78, 5) is 10.6. The highest BCUT2D eigenvalue weighted by molar-refractivity contribution is 7.09. The van der Waals surface area contributed by atoms with E-state index in [1.807, 2.05) is 20.0 Å². The molecule has 18 heavy (non-hydrogen) atoms. The molecule has 2 rings (SSSR count). The lowest BCUT2D eigenvalue weighted by Gasteiger charge is -2.15. The van der Waals surface area contributed by atoms with Crippen LogP contribution in [0.4, 0.5) is 0 Å². The maximum Gasteiger partial charge on any atom is 0.135 e. The van der Waals surface area contributed by atoms with E-state index < -0.39 is 0 Å². The summed E-state index contributed by atoms with van der Waals surface area (Å²) in [6.07, 6.45) is 0. The molecule has 0 aliphatic rings. The SMILES string of the molecule is Cc1nc(CN(C)Cc2ccc(Cl)nc2Cl)cs1. The lowest BCUT2D eigenvalue weighted by molar-refractivity contribution is 0.315. The fourth-order valence-corrected chi connectivity index (χ4v) is 2.67. The molecular formula is C12H13Cl2N3S. The Morgan fingerprint density at radius 2 is 2.00 bits per heavy atom. The fraction of sp³-hybridized carbons (Fsp3) is 0.333. The van der Waals surface area contributed by atoms with Crippen molar-refractivity contribution in [3.05, 3.63) is 44.1 Å². The maximum atomic E-state index is 6.04. The highest BCUT2D eigenvalue weighted by Gasteiger charge is 2.08. The zero-order valence-corrected chi connectivity index (χ0v) is 12.5. The predicted octanol–water partition coefficient (Wildman–Crippen LogP) is 3.79. The molecule has 2 heterocycles. The molecule has 0 radical (unpaired) electrons. The molecule has 0 aromatic carbocycles. The van der Waals surface area contributed by atoms with Gasteiger partial charge in [0.15, 0.2) is 0 Å². The van der Waals surface area contributed by atoms with E-state index in [9.17, 15) is 0 Å². The Balaban J connectivity index is 2.00. The minimum absolute atomic E-state index is 0.418. The summed E-state index contributed by atoms with van der Waals surface area (Å²) in [5.74, 6) is 0. The normalized spacial score (nSPS) is 11.2. The number of hydrogen-bond donors (Lipinski definition) is 0. The summed E-state index contributed by atoms with van der Waals surface area (Å²) in [7, 11) is 2.03. The number of aromatic nitrogens is 2. The Morgan fingerprint density at radius 3 is 2.61 bits per heavy atom. The summed E-state index contributed by atoms with van der Waals surface area (Å²) >= 11 is 13.5. The van der Waals surface area contributed by atoms with Crippen molar-refractivity contribution in [3.8, 4) is 0 Å². The molecule has 0 fully saturated rings. The van der Waals surface area contributed by atoms with Crippen molar-refractivity contribution >= 4 is 34.5 Å². The van der Waals surface area contributed by atoms with Crippen LogP contribution < -0.4 is 0 Å². The predicted molar refractivity (Wildman–Crippen MR) is 76.3 cm³/mol. The molecule has 2 aromatic heterocycles. The second-order valence-corrected chi connectivity index (χ2v) is 5.92. The van der Waals surface area contributed by atoms with Crippen molar-refractivity contribution in [2.45, 2.75) is 20.0 Å². The van der Waals surface area contributed by atoms with E-state index in [1.54, 1.807) is 17.4 Å². The molecule has 0 unspecified atom stereocenters. The van der Waals surface area contributed by atoms with Gasteiger partial charge >= 0.3 is 0 Å². The molecular weight excluding hydrogens is 289 g/mol. The topological polar surface area (TPSA) is 29.0 Å². The van der Waals surface area contributed by atoms with E-state index in [4.69, 9.17) is 23.2 Å². The number of nitrogens with zero attached hydrogens (tertiary/aromatic N) is 3. The van der Waals surface area contributed by atoms with Crippen LogP contribution in [0.1, 0.15) is 16.3 Å². The molecule has 96 valence electrons. The van der Waals surface area contributed by atoms with Crippen LogP contribution in [0.25, 0.3) is 0 Å². The minimum atomic E-state index is 0.418. The van der Waals surface area contributed by atoms with Gasteiger partial charge < -0.3 is 0 Å². The van der Waals surface area contributed by atoms with E-state index in [0.717, 1.165) is 29.4 Å². The molecule has 0 N–H and O–H groups in total. The van der Waals surface area contributed by atoms with Crippen LogP contribution >= 0.6 is 34.5 Å². The van der Waals surface area contributed by atoms with Gasteiger partial charge in [-0.1, -0.05) is 29.3 Å². The van der Waals surface area contributed by atoms with Gasteiger partial charge in [-0.25, -0.2) is 9.97 Å². The monoisotopic (exact) mass is 301 g/mol. The Kier molecular flexibility index (Phi) is 4.56. The molecule has 0 saturated heterocycles. The van der Waals surface area contributed by atoms with Gasteiger partial charge in [0.1, 0.15) is 10.3 Å². The third-order valence-corrected chi connectivity index (χ3v) is 3.79. The molecule has 0 bridgehead atoms. The standard InChI is InChI=1S/C12H13Cl2N3S/c1-8-15-10(7-18-8)6-17(2)5-9-3-4-11(13)16-12(9)14/h3-4,7H,5-6H2,1-2H3. The molecule has 0 aliphatic carbocycles. The van der Waals surface area contributed by atoms with Crippen molar-refractivity contribution in [1.29, 1.82) is 0 Å². The number of aryl methyl sites for hydroxylation is 1. The van der Waals surface area contributed by atoms with Gasteiger partial charge in [0.25, 0.3) is 0 Å². The van der Waals surface area contributed by atoms with Crippen molar-refractivity contribution in [2.24, 2.45) is 0 Å². The Labute approximate surface area is 120 Å². The summed E-state index contributed by atoms with van der Waals surface area (Å²) in [5.41, 5.74) is 2.05. The third-order valence-electron chi connectivity index (χ3n) is 2.43. The lowest BCUT2D eigenvalue weighted by Crippen LogP contribution is -2.17. The van der Waals surface area contributed by atoms with Gasteiger partial charge in [-0.2, -0.15) is 0 Å².